The molecule has 0 saturated carbocycles. The highest BCUT2D eigenvalue weighted by Gasteiger charge is 2.20. The van der Waals surface area contributed by atoms with Crippen molar-refractivity contribution < 1.29 is 9.47 Å². The first-order valence-electron chi connectivity index (χ1n) is 6.41. The van der Waals surface area contributed by atoms with Crippen LogP contribution in [0.25, 0.3) is 0 Å². The molecule has 3 heteroatoms. The molecule has 0 saturated heterocycles. The predicted molar refractivity (Wildman–Crippen MR) is 75.8 cm³/mol. The Bertz CT molecular complexity index is 551. The van der Waals surface area contributed by atoms with E-state index in [1.807, 2.05) is 30.3 Å². The van der Waals surface area contributed by atoms with E-state index >= 15 is 0 Å². The van der Waals surface area contributed by atoms with Crippen molar-refractivity contribution in [2.24, 2.45) is 0 Å². The first kappa shape index (κ1) is 12.5. The molecular formula is C16H15ClO2. The van der Waals surface area contributed by atoms with Crippen LogP contribution in [-0.4, -0.2) is 13.2 Å². The molecule has 19 heavy (non-hydrogen) atoms. The minimum atomic E-state index is 0.0145. The molecule has 0 aliphatic carbocycles. The van der Waals surface area contributed by atoms with Crippen LogP contribution in [-0.2, 0) is 11.2 Å². The lowest BCUT2D eigenvalue weighted by atomic mass is 9.98. The van der Waals surface area contributed by atoms with E-state index in [-0.39, 0.29) is 6.10 Å². The third kappa shape index (κ3) is 2.91. The van der Waals surface area contributed by atoms with Crippen LogP contribution >= 0.6 is 11.6 Å². The molecule has 1 atom stereocenters. The van der Waals surface area contributed by atoms with E-state index in [2.05, 4.69) is 18.2 Å². The van der Waals surface area contributed by atoms with Gasteiger partial charge < -0.3 is 9.47 Å². The summed E-state index contributed by atoms with van der Waals surface area (Å²) in [6, 6.07) is 15.8. The van der Waals surface area contributed by atoms with Crippen LogP contribution in [0, 0.1) is 0 Å². The van der Waals surface area contributed by atoms with Crippen molar-refractivity contribution in [2.75, 3.05) is 13.2 Å². The summed E-state index contributed by atoms with van der Waals surface area (Å²) < 4.78 is 11.6. The van der Waals surface area contributed by atoms with Gasteiger partial charge in [-0.3, -0.25) is 0 Å². The molecule has 0 aromatic heterocycles. The normalized spacial score (nSPS) is 17.8. The van der Waals surface area contributed by atoms with E-state index in [0.29, 0.717) is 11.6 Å². The summed E-state index contributed by atoms with van der Waals surface area (Å²) in [4.78, 5) is 0. The maximum atomic E-state index is 5.85. The predicted octanol–water partition coefficient (Wildman–Crippen LogP) is 4.03. The molecule has 0 bridgehead atoms. The molecular weight excluding hydrogens is 260 g/mol. The topological polar surface area (TPSA) is 18.5 Å². The van der Waals surface area contributed by atoms with Crippen LogP contribution in [0.15, 0.2) is 48.5 Å². The third-order valence-corrected chi connectivity index (χ3v) is 3.56. The van der Waals surface area contributed by atoms with Crippen molar-refractivity contribution in [1.82, 2.24) is 0 Å². The highest BCUT2D eigenvalue weighted by Crippen LogP contribution is 2.27. The molecule has 3 rings (SSSR count). The molecule has 2 aromatic rings. The molecule has 2 aromatic carbocycles. The van der Waals surface area contributed by atoms with Crippen LogP contribution in [0.2, 0.25) is 5.02 Å². The fourth-order valence-corrected chi connectivity index (χ4v) is 2.44. The lowest BCUT2D eigenvalue weighted by molar-refractivity contribution is 0.0102. The Balaban J connectivity index is 1.69. The summed E-state index contributed by atoms with van der Waals surface area (Å²) in [7, 11) is 0. The van der Waals surface area contributed by atoms with Gasteiger partial charge in [-0.25, -0.2) is 0 Å². The van der Waals surface area contributed by atoms with E-state index in [1.165, 1.54) is 11.1 Å². The van der Waals surface area contributed by atoms with Gasteiger partial charge in [0.2, 0.25) is 0 Å². The zero-order chi connectivity index (χ0) is 13.1. The average molecular weight is 275 g/mol. The smallest absolute Gasteiger partial charge is 0.119 e. The number of ether oxygens (including phenoxy) is 2. The Hall–Kier alpha value is -1.51. The van der Waals surface area contributed by atoms with Gasteiger partial charge in [0.05, 0.1) is 6.61 Å². The van der Waals surface area contributed by atoms with Gasteiger partial charge in [0, 0.05) is 5.02 Å². The number of benzene rings is 2. The maximum absolute atomic E-state index is 5.85. The second-order valence-corrected chi connectivity index (χ2v) is 5.01. The summed E-state index contributed by atoms with van der Waals surface area (Å²) in [5.74, 6) is 0.816. The van der Waals surface area contributed by atoms with Gasteiger partial charge in [0.15, 0.2) is 0 Å². The Morgan fingerprint density at radius 2 is 1.89 bits per heavy atom. The first-order valence-corrected chi connectivity index (χ1v) is 6.78. The second kappa shape index (κ2) is 5.64. The van der Waals surface area contributed by atoms with E-state index in [0.717, 1.165) is 18.8 Å². The molecule has 0 fully saturated rings. The highest BCUT2D eigenvalue weighted by atomic mass is 35.5. The number of rotatable bonds is 3. The summed E-state index contributed by atoms with van der Waals surface area (Å²) in [5.41, 5.74) is 2.60. The molecule has 98 valence electrons. The lowest BCUT2D eigenvalue weighted by Gasteiger charge is -2.26. The number of hydrogen-bond donors (Lipinski definition) is 0. The Morgan fingerprint density at radius 3 is 2.74 bits per heavy atom. The molecule has 1 unspecified atom stereocenters. The molecule has 0 N–H and O–H groups in total. The minimum absolute atomic E-state index is 0.0145. The Morgan fingerprint density at radius 1 is 1.11 bits per heavy atom. The summed E-state index contributed by atoms with van der Waals surface area (Å²) in [6.07, 6.45) is 0.994. The summed E-state index contributed by atoms with van der Waals surface area (Å²) in [6.45, 7) is 1.28. The van der Waals surface area contributed by atoms with Crippen LogP contribution in [0.1, 0.15) is 17.2 Å². The molecule has 0 radical (unpaired) electrons. The largest absolute Gasteiger partial charge is 0.491 e. The van der Waals surface area contributed by atoms with Gasteiger partial charge in [-0.1, -0.05) is 35.9 Å². The molecule has 1 aliphatic heterocycles. The van der Waals surface area contributed by atoms with Crippen molar-refractivity contribution >= 4 is 11.6 Å². The van der Waals surface area contributed by atoms with Crippen LogP contribution in [0.3, 0.4) is 0 Å². The van der Waals surface area contributed by atoms with E-state index < -0.39 is 0 Å². The number of hydrogen-bond acceptors (Lipinski definition) is 2. The van der Waals surface area contributed by atoms with Crippen LogP contribution < -0.4 is 4.74 Å². The van der Waals surface area contributed by atoms with Crippen molar-refractivity contribution in [3.05, 3.63) is 64.7 Å². The van der Waals surface area contributed by atoms with Gasteiger partial charge in [0.25, 0.3) is 0 Å². The fraction of sp³-hybridized carbons (Fsp3) is 0.250. The van der Waals surface area contributed by atoms with Gasteiger partial charge >= 0.3 is 0 Å². The van der Waals surface area contributed by atoms with E-state index in [1.54, 1.807) is 0 Å². The Labute approximate surface area is 117 Å². The summed E-state index contributed by atoms with van der Waals surface area (Å²) in [5, 5.41) is 0.714. The van der Waals surface area contributed by atoms with Gasteiger partial charge in [0.1, 0.15) is 18.5 Å². The van der Waals surface area contributed by atoms with Gasteiger partial charge in [-0.2, -0.15) is 0 Å². The molecule has 2 nitrogen and oxygen atoms in total. The third-order valence-electron chi connectivity index (χ3n) is 3.31. The lowest BCUT2D eigenvalue weighted by Crippen LogP contribution is -2.21. The van der Waals surface area contributed by atoms with Crippen molar-refractivity contribution in [2.45, 2.75) is 12.5 Å². The zero-order valence-corrected chi connectivity index (χ0v) is 11.3. The average Bonchev–Trinajstić information content (AvgIpc) is 2.47. The minimum Gasteiger partial charge on any atom is -0.491 e. The standard InChI is InChI=1S/C16H15ClO2/c17-13-5-7-14(8-6-13)19-11-16-15-4-2-1-3-12(15)9-10-18-16/h1-8,16H,9-11H2. The van der Waals surface area contributed by atoms with E-state index in [9.17, 15) is 0 Å². The SMILES string of the molecule is Clc1ccc(OCC2OCCc3ccccc32)cc1. The first-order chi connectivity index (χ1) is 9.33. The van der Waals surface area contributed by atoms with Crippen molar-refractivity contribution in [3.8, 4) is 5.75 Å². The zero-order valence-electron chi connectivity index (χ0n) is 10.5. The van der Waals surface area contributed by atoms with Gasteiger partial charge in [-0.05, 0) is 41.8 Å². The van der Waals surface area contributed by atoms with Gasteiger partial charge in [-0.15, -0.1) is 0 Å². The second-order valence-electron chi connectivity index (χ2n) is 4.57. The highest BCUT2D eigenvalue weighted by molar-refractivity contribution is 6.30. The van der Waals surface area contributed by atoms with Crippen molar-refractivity contribution in [3.63, 3.8) is 0 Å². The fourth-order valence-electron chi connectivity index (χ4n) is 2.32. The monoisotopic (exact) mass is 274 g/mol. The maximum Gasteiger partial charge on any atom is 0.119 e. The van der Waals surface area contributed by atoms with Crippen LogP contribution in [0.5, 0.6) is 5.75 Å². The quantitative estimate of drug-likeness (QED) is 0.841. The molecule has 0 spiro atoms. The van der Waals surface area contributed by atoms with Crippen molar-refractivity contribution in [1.29, 1.82) is 0 Å². The van der Waals surface area contributed by atoms with E-state index in [4.69, 9.17) is 21.1 Å². The Kier molecular flexibility index (Phi) is 3.72. The number of halogens is 1. The molecule has 0 amide bonds. The number of fused-ring (bicyclic) bond motifs is 1. The van der Waals surface area contributed by atoms with Crippen LogP contribution in [0.4, 0.5) is 0 Å². The molecule has 1 aliphatic rings. The summed E-state index contributed by atoms with van der Waals surface area (Å²) >= 11 is 5.85. The molecule has 1 heterocycles.